The second-order valence-electron chi connectivity index (χ2n) is 7.44. The number of amides is 2. The average Bonchev–Trinajstić information content (AvgIpc) is 3.28. The first-order valence-electron chi connectivity index (χ1n) is 10.4. The second kappa shape index (κ2) is 10.1. The maximum absolute atomic E-state index is 13.1. The summed E-state index contributed by atoms with van der Waals surface area (Å²) in [5, 5.41) is 18.7. The first-order chi connectivity index (χ1) is 16.5. The van der Waals surface area contributed by atoms with Crippen LogP contribution in [-0.4, -0.2) is 17.0 Å². The lowest BCUT2D eigenvalue weighted by atomic mass is 10.1. The number of anilines is 2. The number of hydrogen-bond acceptors (Lipinski definition) is 6. The predicted molar refractivity (Wildman–Crippen MR) is 130 cm³/mol. The number of rotatable bonds is 6. The zero-order valence-corrected chi connectivity index (χ0v) is 19.3. The fourth-order valence-electron chi connectivity index (χ4n) is 3.25. The van der Waals surface area contributed by atoms with E-state index >= 15 is 0 Å². The van der Waals surface area contributed by atoms with E-state index in [1.807, 2.05) is 37.3 Å². The molecule has 1 aromatic heterocycles. The first-order valence-corrected chi connectivity index (χ1v) is 11.2. The summed E-state index contributed by atoms with van der Waals surface area (Å²) in [7, 11) is 0. The van der Waals surface area contributed by atoms with Gasteiger partial charge in [0.15, 0.2) is 0 Å². The third-order valence-corrected chi connectivity index (χ3v) is 6.25. The van der Waals surface area contributed by atoms with Crippen molar-refractivity contribution in [3.63, 3.8) is 0 Å². The van der Waals surface area contributed by atoms with Crippen molar-refractivity contribution < 1.29 is 14.1 Å². The maximum Gasteiger partial charge on any atom is 0.260 e. The largest absolute Gasteiger partial charge is 0.361 e. The topological polar surface area (TPSA) is 108 Å². The van der Waals surface area contributed by atoms with Gasteiger partial charge in [-0.25, -0.2) is 0 Å². The molecule has 8 heteroatoms. The molecular formula is C26H20N4O3S. The summed E-state index contributed by atoms with van der Waals surface area (Å²) >= 11 is 1.36. The van der Waals surface area contributed by atoms with E-state index in [1.165, 1.54) is 18.0 Å². The van der Waals surface area contributed by atoms with Crippen LogP contribution in [0.2, 0.25) is 0 Å². The number of nitrogens with one attached hydrogen (secondary N) is 2. The van der Waals surface area contributed by atoms with Gasteiger partial charge in [-0.1, -0.05) is 47.3 Å². The Bertz CT molecular complexity index is 1420. The van der Waals surface area contributed by atoms with E-state index in [0.717, 1.165) is 15.4 Å². The summed E-state index contributed by atoms with van der Waals surface area (Å²) in [5.74, 6) is -0.219. The molecule has 0 unspecified atom stereocenters. The molecule has 0 aliphatic heterocycles. The lowest BCUT2D eigenvalue weighted by Gasteiger charge is -2.13. The van der Waals surface area contributed by atoms with Crippen molar-refractivity contribution in [1.82, 2.24) is 5.16 Å². The van der Waals surface area contributed by atoms with Crippen molar-refractivity contribution >= 4 is 35.0 Å². The van der Waals surface area contributed by atoms with Gasteiger partial charge in [0.25, 0.3) is 11.8 Å². The van der Waals surface area contributed by atoms with Gasteiger partial charge in [0.1, 0.15) is 17.4 Å². The molecule has 168 valence electrons. The van der Waals surface area contributed by atoms with Crippen LogP contribution in [0.15, 0.2) is 87.2 Å². The van der Waals surface area contributed by atoms with Gasteiger partial charge in [-0.2, -0.15) is 5.26 Å². The number of carbonyl (C=O) groups is 2. The molecule has 34 heavy (non-hydrogen) atoms. The summed E-state index contributed by atoms with van der Waals surface area (Å²) in [4.78, 5) is 27.2. The van der Waals surface area contributed by atoms with Crippen LogP contribution in [0.1, 0.15) is 37.6 Å². The van der Waals surface area contributed by atoms with E-state index in [2.05, 4.69) is 21.9 Å². The fraction of sp³-hybridized carbons (Fsp3) is 0.0769. The second-order valence-corrected chi connectivity index (χ2v) is 8.52. The highest BCUT2D eigenvalue weighted by Gasteiger charge is 2.16. The summed E-state index contributed by atoms with van der Waals surface area (Å²) in [6.07, 6.45) is 1.37. The van der Waals surface area contributed by atoms with E-state index in [9.17, 15) is 14.9 Å². The minimum Gasteiger partial charge on any atom is -0.361 e. The average molecular weight is 469 g/mol. The Morgan fingerprint density at radius 1 is 0.912 bits per heavy atom. The van der Waals surface area contributed by atoms with Gasteiger partial charge < -0.3 is 15.2 Å². The molecule has 0 bridgehead atoms. The molecule has 0 atom stereocenters. The van der Waals surface area contributed by atoms with Crippen molar-refractivity contribution in [2.24, 2.45) is 0 Å². The smallest absolute Gasteiger partial charge is 0.260 e. The van der Waals surface area contributed by atoms with Gasteiger partial charge in [-0.15, -0.1) is 0 Å². The van der Waals surface area contributed by atoms with Crippen LogP contribution in [0.3, 0.4) is 0 Å². The Morgan fingerprint density at radius 2 is 1.62 bits per heavy atom. The van der Waals surface area contributed by atoms with Crippen molar-refractivity contribution in [1.29, 1.82) is 5.26 Å². The highest BCUT2D eigenvalue weighted by Crippen LogP contribution is 2.33. The first kappa shape index (κ1) is 22.8. The number of carbonyl (C=O) groups excluding carboxylic acids is 2. The van der Waals surface area contributed by atoms with E-state index in [1.54, 1.807) is 43.3 Å². The predicted octanol–water partition coefficient (Wildman–Crippen LogP) is 5.82. The van der Waals surface area contributed by atoms with Gasteiger partial charge in [0.2, 0.25) is 0 Å². The van der Waals surface area contributed by atoms with Crippen LogP contribution in [0.4, 0.5) is 11.4 Å². The van der Waals surface area contributed by atoms with Crippen molar-refractivity contribution in [2.75, 3.05) is 10.6 Å². The van der Waals surface area contributed by atoms with Crippen LogP contribution in [-0.2, 0) is 0 Å². The van der Waals surface area contributed by atoms with Crippen molar-refractivity contribution in [3.8, 4) is 6.07 Å². The molecule has 4 rings (SSSR count). The van der Waals surface area contributed by atoms with Crippen LogP contribution in [0, 0.1) is 25.2 Å². The van der Waals surface area contributed by atoms with Gasteiger partial charge in [-0.05, 0) is 55.8 Å². The van der Waals surface area contributed by atoms with E-state index in [-0.39, 0.29) is 11.8 Å². The van der Waals surface area contributed by atoms with Gasteiger partial charge in [-0.3, -0.25) is 9.59 Å². The quantitative estimate of drug-likeness (QED) is 0.369. The summed E-state index contributed by atoms with van der Waals surface area (Å²) < 4.78 is 4.96. The highest BCUT2D eigenvalue weighted by molar-refractivity contribution is 7.99. The molecule has 1 heterocycles. The normalized spacial score (nSPS) is 10.4. The molecule has 0 aliphatic carbocycles. The molecule has 0 saturated heterocycles. The highest BCUT2D eigenvalue weighted by atomic mass is 32.2. The Balaban J connectivity index is 1.55. The number of hydrogen-bond donors (Lipinski definition) is 2. The lowest BCUT2D eigenvalue weighted by molar-refractivity contribution is 0.101. The number of nitrogens with zero attached hydrogens (tertiary/aromatic N) is 2. The van der Waals surface area contributed by atoms with Crippen molar-refractivity contribution in [2.45, 2.75) is 23.6 Å². The Labute approximate surface area is 200 Å². The third-order valence-electron chi connectivity index (χ3n) is 5.10. The minimum absolute atomic E-state index is 0.298. The summed E-state index contributed by atoms with van der Waals surface area (Å²) in [6.45, 7) is 3.52. The number of aromatic nitrogens is 1. The molecule has 2 N–H and O–H groups in total. The Hall–Kier alpha value is -4.35. The van der Waals surface area contributed by atoms with E-state index < -0.39 is 0 Å². The van der Waals surface area contributed by atoms with Crippen LogP contribution < -0.4 is 10.6 Å². The van der Waals surface area contributed by atoms with E-state index in [4.69, 9.17) is 4.52 Å². The zero-order chi connectivity index (χ0) is 24.1. The monoisotopic (exact) mass is 468 g/mol. The van der Waals surface area contributed by atoms with Crippen molar-refractivity contribution in [3.05, 3.63) is 101 Å². The fourth-order valence-corrected chi connectivity index (χ4v) is 4.27. The van der Waals surface area contributed by atoms with Gasteiger partial charge in [0.05, 0.1) is 17.3 Å². The lowest BCUT2D eigenvalue weighted by Crippen LogP contribution is -2.15. The Morgan fingerprint density at radius 3 is 2.35 bits per heavy atom. The maximum atomic E-state index is 13.1. The van der Waals surface area contributed by atoms with Crippen LogP contribution in [0.25, 0.3) is 0 Å². The summed E-state index contributed by atoms with van der Waals surface area (Å²) in [5.41, 5.74) is 3.30. The molecule has 0 fully saturated rings. The molecule has 2 amide bonds. The molecule has 3 aromatic carbocycles. The van der Waals surface area contributed by atoms with Crippen LogP contribution in [0.5, 0.6) is 0 Å². The number of benzene rings is 3. The molecule has 0 spiro atoms. The van der Waals surface area contributed by atoms with E-state index in [0.29, 0.717) is 33.8 Å². The number of nitriles is 1. The van der Waals surface area contributed by atoms with Gasteiger partial charge >= 0.3 is 0 Å². The Kier molecular flexibility index (Phi) is 6.76. The van der Waals surface area contributed by atoms with Gasteiger partial charge in [0, 0.05) is 21.2 Å². The number of aryl methyl sites for hydroxylation is 2. The SMILES string of the molecule is Cc1ccc(NC(=O)c2ccccc2Sc2ccccc2C#N)cc1NC(=O)c1cnoc1C. The molecule has 0 saturated carbocycles. The molecule has 4 aromatic rings. The molecule has 0 aliphatic rings. The standard InChI is InChI=1S/C26H20N4O3S/c1-16-11-12-19(13-22(16)30-26(32)21-15-28-33-17(21)2)29-25(31)20-8-4-6-10-24(20)34-23-9-5-3-7-18(23)14-27/h3-13,15H,1-2H3,(H,29,31)(H,30,32). The summed E-state index contributed by atoms with van der Waals surface area (Å²) in [6, 6.07) is 21.9. The zero-order valence-electron chi connectivity index (χ0n) is 18.5. The molecular weight excluding hydrogens is 448 g/mol. The molecule has 7 nitrogen and oxygen atoms in total. The minimum atomic E-state index is -0.344. The third kappa shape index (κ3) is 5.00. The van der Waals surface area contributed by atoms with Crippen LogP contribution >= 0.6 is 11.8 Å². The molecule has 0 radical (unpaired) electrons.